The second-order valence-corrected chi connectivity index (χ2v) is 23.1. The first-order chi connectivity index (χ1) is 74.5. The SMILES string of the molecule is [2H]c1c([2H])c(-c2c3c([2H])c([2H])c([2H])c([2H])c3c(-c3c([2H])c4c([2H])c([2H])c5c([2H])c([2H])c([2H])c([2H])c5c4c4c([2H])c([2H])c([2H])c([2H])c34)c3c([2H])c([2H])c([2H])c([2H])c23)c2c(oc3c([2H])c4c([2H])c([2H])c([2H])c([2H])c4c([2H])c32)c1[2H].[2H]c1c([2H])c([2H])c(-c2c([2H])c([2H])c3c(c2[2H])C(C)(C([2H])([2H])[2H])c2c([2H])c(-c4c5c([2H])c([2H])c([2H])c([2H])c5c(-c5c([2H])c([2H])c([2H])c6oc7c([2H])c8c([2H])c([2H])c([2H])c([2H])c8c([2H])c7c56)c5c([2H])c([2H])c([2H])c([2H])c45)c([2H])c([2H])c2-3)c([2H])c1[2H]. The third kappa shape index (κ3) is 8.65. The third-order valence-corrected chi connectivity index (χ3v) is 17.7. The molecule has 2 heterocycles. The van der Waals surface area contributed by atoms with Crippen LogP contribution >= 0.6 is 0 Å². The number of furan rings is 2. The fraction of sp³-hybridized carbons (Fsp3) is 0.0303. The van der Waals surface area contributed by atoms with Crippen LogP contribution in [0.25, 0.3) is 208 Å². The Morgan fingerprint density at radius 2 is 0.614 bits per heavy atom. The zero-order chi connectivity index (χ0) is 118. The van der Waals surface area contributed by atoms with Gasteiger partial charge in [-0.2, -0.15) is 0 Å². The predicted octanol–water partition coefficient (Wildman–Crippen LogP) is 28.2. The van der Waals surface area contributed by atoms with E-state index in [4.69, 9.17) is 56.8 Å². The molecule has 1 unspecified atom stereocenters. The van der Waals surface area contributed by atoms with Crippen molar-refractivity contribution in [2.24, 2.45) is 0 Å². The van der Waals surface area contributed by atoms with Gasteiger partial charge in [0.25, 0.3) is 0 Å². The zero-order valence-electron chi connectivity index (χ0n) is 110. The standard InChI is InChI=1S/C51H34O.C48H28O/c1-51(2)44-28-34(31-13-4-3-5-14-31)23-25-36(44)37-26-24-35(29-45(37)51)48-38-17-8-10-19-40(38)49(41-20-11-9-18-39(41)48)42-21-12-22-46-50(42)43-27-32-15-6-7-16-33(32)30-47(43)52-46;1-2-14-31-28-44-42(26-30(31)13-1)48-40(22-11-23-43(48)49-44)46-36-18-7-9-20-38(36)47(39-21-10-8-19-37(39)46)41-27-32-25-24-29-12-3-4-15-33(29)45(32)35-17-6-5-16-34(35)41/h3-30H,1-2H3;1-28H/i1D3,3D,4D,5D,6D,7D,8D,9D,10D,11D,12D,13D,14D,15D,16D,17D,18D,19D,20D,21D,22D,23D,24D,25D,26D,27D,28D,29D,30D;1D,2D,3D,4D,5D,6D,7D,8D,9D,10D,11D,12D,13D,14D,15D,16D,17D,18D,19D,20D,21D,22D,23D,24D,25D,26D,27D,28D. The lowest BCUT2D eigenvalue weighted by Gasteiger charge is -2.23. The molecular formula is C99H62O2. The Morgan fingerprint density at radius 1 is 0.228 bits per heavy atom. The third-order valence-electron chi connectivity index (χ3n) is 17.7. The van der Waals surface area contributed by atoms with Crippen LogP contribution in [0, 0.1) is 0 Å². The molecule has 1 atom stereocenters. The molecule has 470 valence electrons. The molecule has 0 amide bonds. The molecule has 2 aromatic heterocycles. The van der Waals surface area contributed by atoms with E-state index < -0.39 is 569 Å². The summed E-state index contributed by atoms with van der Waals surface area (Å²) in [6.45, 7) is -2.52. The Kier molecular flexibility index (Phi) is 5.23. The maximum Gasteiger partial charge on any atom is 0.136 e. The zero-order valence-corrected chi connectivity index (χ0v) is 50.8. The minimum Gasteiger partial charge on any atom is -0.456 e. The van der Waals surface area contributed by atoms with Gasteiger partial charge in [-0.15, -0.1) is 0 Å². The van der Waals surface area contributed by atoms with Gasteiger partial charge in [-0.3, -0.25) is 0 Å². The second-order valence-electron chi connectivity index (χ2n) is 23.1. The molecule has 0 spiro atoms. The first-order valence-corrected chi connectivity index (χ1v) is 30.3. The summed E-state index contributed by atoms with van der Waals surface area (Å²) in [5.41, 5.74) is -15.9. The fourth-order valence-electron chi connectivity index (χ4n) is 13.5. The van der Waals surface area contributed by atoms with Crippen molar-refractivity contribution in [3.8, 4) is 66.8 Å². The molecular weight excluding hydrogens is 1220 g/mol. The van der Waals surface area contributed by atoms with Crippen molar-refractivity contribution < 1.29 is 89.7 Å². The highest BCUT2D eigenvalue weighted by Gasteiger charge is 2.36. The molecule has 0 saturated carbocycles. The van der Waals surface area contributed by atoms with E-state index in [0.717, 1.165) is 6.92 Å². The van der Waals surface area contributed by atoms with Crippen LogP contribution in [0.5, 0.6) is 0 Å². The summed E-state index contributed by atoms with van der Waals surface area (Å²) in [5, 5.41) is -14.1. The molecule has 0 bridgehead atoms. The summed E-state index contributed by atoms with van der Waals surface area (Å²) in [6, 6.07) is -52.2. The molecule has 0 aliphatic heterocycles. The van der Waals surface area contributed by atoms with E-state index in [9.17, 15) is 32.9 Å². The molecule has 22 rings (SSSR count). The monoisotopic (exact) mass is 1340 g/mol. The van der Waals surface area contributed by atoms with E-state index in [1.165, 1.54) is 0 Å². The van der Waals surface area contributed by atoms with Gasteiger partial charge in [0, 0.05) is 31.1 Å². The molecule has 0 N–H and O–H groups in total. The van der Waals surface area contributed by atoms with E-state index in [-0.39, 0.29) is 0 Å². The smallest absolute Gasteiger partial charge is 0.136 e. The van der Waals surface area contributed by atoms with E-state index in [1.807, 2.05) is 0 Å². The molecule has 1 aliphatic carbocycles. The average molecular weight is 1340 g/mol. The summed E-state index contributed by atoms with van der Waals surface area (Å²) in [7, 11) is 0. The lowest BCUT2D eigenvalue weighted by Crippen LogP contribution is -2.15. The Morgan fingerprint density at radius 3 is 1.11 bits per heavy atom. The molecule has 19 aromatic carbocycles. The first-order valence-electron chi connectivity index (χ1n) is 59.8. The quantitative estimate of drug-likeness (QED) is 0.127. The van der Waals surface area contributed by atoms with Crippen LogP contribution in [0.3, 0.4) is 0 Å². The molecule has 2 heteroatoms. The summed E-state index contributed by atoms with van der Waals surface area (Å²) in [5.74, 6) is 0. The van der Waals surface area contributed by atoms with Crippen LogP contribution in [0.1, 0.15) is 106 Å². The van der Waals surface area contributed by atoms with Crippen molar-refractivity contribution in [3.63, 3.8) is 0 Å². The number of benzene rings is 19. The van der Waals surface area contributed by atoms with Crippen LogP contribution in [0.15, 0.2) is 347 Å². The van der Waals surface area contributed by atoms with E-state index in [1.54, 1.807) is 0 Å². The Balaban J connectivity index is 0.000000185. The van der Waals surface area contributed by atoms with Gasteiger partial charge in [0.05, 0.1) is 76.8 Å². The number of hydrogen-bond donors (Lipinski definition) is 0. The molecule has 0 radical (unpaired) electrons. The molecule has 2 nitrogen and oxygen atoms in total. The predicted molar refractivity (Wildman–Crippen MR) is 430 cm³/mol. The maximum atomic E-state index is 10.2. The summed E-state index contributed by atoms with van der Waals surface area (Å²) in [4.78, 5) is 0. The lowest BCUT2D eigenvalue weighted by molar-refractivity contribution is 0.661. The maximum absolute atomic E-state index is 10.2. The van der Waals surface area contributed by atoms with Crippen LogP contribution in [0.4, 0.5) is 0 Å². The number of fused-ring (bicyclic) bond motifs is 20. The fourth-order valence-corrected chi connectivity index (χ4v) is 13.5. The minimum absolute atomic E-state index is 0.491. The van der Waals surface area contributed by atoms with Gasteiger partial charge in [-0.1, -0.05) is 298 Å². The van der Waals surface area contributed by atoms with E-state index in [0.29, 0.717) is 0 Å². The largest absolute Gasteiger partial charge is 0.456 e. The topological polar surface area (TPSA) is 26.3 Å². The molecule has 101 heavy (non-hydrogen) atoms. The normalized spacial score (nSPS) is 22.0. The number of rotatable bonds is 5. The Bertz CT molecular complexity index is 10600. The van der Waals surface area contributed by atoms with Gasteiger partial charge < -0.3 is 8.83 Å². The highest BCUT2D eigenvalue weighted by molar-refractivity contribution is 6.31. The summed E-state index contributed by atoms with van der Waals surface area (Å²) in [6.07, 6.45) is 0. The Labute approximate surface area is 665 Å². The molecule has 0 fully saturated rings. The average Bonchev–Trinajstić information content (AvgIpc) is 1.67. The van der Waals surface area contributed by atoms with Crippen LogP contribution in [-0.2, 0) is 5.41 Å². The highest BCUT2D eigenvalue weighted by atomic mass is 16.3. The van der Waals surface area contributed by atoms with Crippen molar-refractivity contribution in [2.75, 3.05) is 0 Å². The van der Waals surface area contributed by atoms with E-state index in [2.05, 4.69) is 0 Å². The van der Waals surface area contributed by atoms with Crippen molar-refractivity contribution in [1.82, 2.24) is 0 Å². The second kappa shape index (κ2) is 22.1. The summed E-state index contributed by atoms with van der Waals surface area (Å²) >= 11 is 0. The van der Waals surface area contributed by atoms with Crippen LogP contribution < -0.4 is 0 Å². The Hall–Kier alpha value is -12.9. The van der Waals surface area contributed by atoms with Crippen molar-refractivity contribution in [3.05, 3.63) is 350 Å². The highest BCUT2D eigenvalue weighted by Crippen LogP contribution is 2.55. The van der Waals surface area contributed by atoms with Crippen molar-refractivity contribution in [2.45, 2.75) is 19.2 Å². The first kappa shape index (κ1) is 23.9. The van der Waals surface area contributed by atoms with Crippen molar-refractivity contribution >= 4 is 141 Å². The van der Waals surface area contributed by atoms with Gasteiger partial charge in [-0.25, -0.2) is 0 Å². The van der Waals surface area contributed by atoms with Gasteiger partial charge >= 0.3 is 0 Å². The minimum atomic E-state index is -3.49. The van der Waals surface area contributed by atoms with E-state index >= 15 is 0 Å². The van der Waals surface area contributed by atoms with Crippen LogP contribution in [-0.4, -0.2) is 0 Å². The van der Waals surface area contributed by atoms with Crippen LogP contribution in [0.2, 0.25) is 0 Å². The van der Waals surface area contributed by atoms with Gasteiger partial charge in [0.2, 0.25) is 0 Å². The van der Waals surface area contributed by atoms with Gasteiger partial charge in [0.1, 0.15) is 22.3 Å². The number of hydrogen-bond acceptors (Lipinski definition) is 2. The summed E-state index contributed by atoms with van der Waals surface area (Å²) < 4.78 is 551. The molecule has 1 aliphatic rings. The van der Waals surface area contributed by atoms with Gasteiger partial charge in [-0.05, 0) is 229 Å². The van der Waals surface area contributed by atoms with Crippen molar-refractivity contribution in [1.29, 1.82) is 0 Å². The van der Waals surface area contributed by atoms with Gasteiger partial charge in [0.15, 0.2) is 0 Å². The molecule has 0 saturated heterocycles. The lowest BCUT2D eigenvalue weighted by atomic mass is 9.80. The molecule has 21 aromatic rings.